The molecule has 2 unspecified atom stereocenters. The Hall–Kier alpha value is -3.16. The molecule has 3 heterocycles. The van der Waals surface area contributed by atoms with E-state index in [4.69, 9.17) is 23.2 Å². The second-order valence-corrected chi connectivity index (χ2v) is 9.71. The average Bonchev–Trinajstić information content (AvgIpc) is 3.32. The van der Waals surface area contributed by atoms with Crippen LogP contribution in [-0.4, -0.2) is 58.3 Å². The fourth-order valence-electron chi connectivity index (χ4n) is 4.86. The van der Waals surface area contributed by atoms with Gasteiger partial charge in [-0.2, -0.15) is 5.10 Å². The number of hydrogen-bond acceptors (Lipinski definition) is 5. The van der Waals surface area contributed by atoms with Crippen LogP contribution in [0.15, 0.2) is 59.7 Å². The van der Waals surface area contributed by atoms with Crippen LogP contribution in [0.3, 0.4) is 0 Å². The van der Waals surface area contributed by atoms with Crippen LogP contribution in [0.2, 0.25) is 10.0 Å². The second kappa shape index (κ2) is 9.47. The number of aliphatic imine (C=N–C) groups is 1. The number of halogens is 2. The van der Waals surface area contributed by atoms with Crippen LogP contribution in [0.5, 0.6) is 0 Å². The highest BCUT2D eigenvalue weighted by molar-refractivity contribution is 6.42. The van der Waals surface area contributed by atoms with E-state index in [2.05, 4.69) is 15.0 Å². The Balaban J connectivity index is 1.37. The Bertz CT molecular complexity index is 1310. The van der Waals surface area contributed by atoms with Gasteiger partial charge >= 0.3 is 0 Å². The summed E-state index contributed by atoms with van der Waals surface area (Å²) in [6, 6.07) is 14.6. The van der Waals surface area contributed by atoms with Crippen molar-refractivity contribution in [2.75, 3.05) is 31.1 Å². The molecule has 0 bridgehead atoms. The molecule has 0 saturated carbocycles. The van der Waals surface area contributed by atoms with Crippen LogP contribution in [-0.2, 0) is 4.79 Å². The molecule has 5 rings (SSSR count). The van der Waals surface area contributed by atoms with E-state index in [9.17, 15) is 9.59 Å². The van der Waals surface area contributed by atoms with Crippen LogP contribution < -0.4 is 4.90 Å². The van der Waals surface area contributed by atoms with Gasteiger partial charge in [-0.1, -0.05) is 29.3 Å². The van der Waals surface area contributed by atoms with Gasteiger partial charge in [0, 0.05) is 49.2 Å². The summed E-state index contributed by atoms with van der Waals surface area (Å²) in [5.74, 6) is 0.283. The van der Waals surface area contributed by atoms with Crippen LogP contribution in [0.1, 0.15) is 35.8 Å². The van der Waals surface area contributed by atoms with E-state index >= 15 is 0 Å². The maximum absolute atomic E-state index is 13.9. The lowest BCUT2D eigenvalue weighted by Crippen LogP contribution is -2.53. The molecule has 7 nitrogen and oxygen atoms in total. The summed E-state index contributed by atoms with van der Waals surface area (Å²) in [6.45, 7) is 6.06. The molecule has 180 valence electrons. The molecule has 0 radical (unpaired) electrons. The highest BCUT2D eigenvalue weighted by Crippen LogP contribution is 2.39. The average molecular weight is 510 g/mol. The van der Waals surface area contributed by atoms with Crippen molar-refractivity contribution in [2.24, 2.45) is 10.9 Å². The van der Waals surface area contributed by atoms with Gasteiger partial charge < -0.3 is 9.80 Å². The summed E-state index contributed by atoms with van der Waals surface area (Å²) in [6.07, 6.45) is 1.69. The molecule has 2 aliphatic heterocycles. The first-order chi connectivity index (χ1) is 16.8. The number of benzene rings is 2. The van der Waals surface area contributed by atoms with E-state index in [1.165, 1.54) is 0 Å². The highest BCUT2D eigenvalue weighted by atomic mass is 35.5. The molecule has 1 aromatic heterocycles. The number of ketones is 1. The predicted molar refractivity (Wildman–Crippen MR) is 138 cm³/mol. The van der Waals surface area contributed by atoms with Crippen molar-refractivity contribution in [3.63, 3.8) is 0 Å². The van der Waals surface area contributed by atoms with Crippen molar-refractivity contribution < 1.29 is 9.59 Å². The molecule has 0 N–H and O–H groups in total. The lowest BCUT2D eigenvalue weighted by atomic mass is 9.87. The molecule has 2 atom stereocenters. The number of piperazine rings is 1. The van der Waals surface area contributed by atoms with E-state index in [1.54, 1.807) is 23.9 Å². The van der Waals surface area contributed by atoms with E-state index in [1.807, 2.05) is 54.3 Å². The maximum Gasteiger partial charge on any atom is 0.234 e. The lowest BCUT2D eigenvalue weighted by molar-refractivity contribution is -0.134. The van der Waals surface area contributed by atoms with Crippen molar-refractivity contribution in [1.82, 2.24) is 14.7 Å². The molecular weight excluding hydrogens is 485 g/mol. The summed E-state index contributed by atoms with van der Waals surface area (Å²) < 4.78 is 1.79. The maximum atomic E-state index is 13.9. The summed E-state index contributed by atoms with van der Waals surface area (Å²) in [7, 11) is 0. The van der Waals surface area contributed by atoms with Gasteiger partial charge in [-0.15, -0.1) is 0 Å². The third-order valence-corrected chi connectivity index (χ3v) is 7.49. The number of aromatic nitrogens is 2. The lowest BCUT2D eigenvalue weighted by Gasteiger charge is -2.40. The second-order valence-electron chi connectivity index (χ2n) is 8.90. The van der Waals surface area contributed by atoms with Crippen LogP contribution in [0.25, 0.3) is 0 Å². The number of hydrogen-bond donors (Lipinski definition) is 0. The number of fused-ring (bicyclic) bond motifs is 1. The van der Waals surface area contributed by atoms with E-state index in [-0.39, 0.29) is 17.7 Å². The SMILES string of the molecule is CC(=O)c1ccc(N2CCN(C(=O)C3C(C)=Nc4ccnn4C3c3ccc(Cl)c(Cl)c3)CC2)cc1. The van der Waals surface area contributed by atoms with Crippen LogP contribution in [0.4, 0.5) is 11.5 Å². The molecule has 35 heavy (non-hydrogen) atoms. The van der Waals surface area contributed by atoms with Crippen molar-refractivity contribution >= 4 is 52.1 Å². The zero-order valence-electron chi connectivity index (χ0n) is 19.5. The number of anilines is 1. The van der Waals surface area contributed by atoms with Gasteiger partial charge in [0.2, 0.25) is 5.91 Å². The quantitative estimate of drug-likeness (QED) is 0.461. The van der Waals surface area contributed by atoms with Crippen molar-refractivity contribution in [3.05, 3.63) is 75.9 Å². The Morgan fingerprint density at radius 3 is 2.31 bits per heavy atom. The molecule has 1 amide bonds. The molecule has 0 aliphatic carbocycles. The topological polar surface area (TPSA) is 70.8 Å². The summed E-state index contributed by atoms with van der Waals surface area (Å²) in [5, 5.41) is 5.38. The van der Waals surface area contributed by atoms with Crippen molar-refractivity contribution in [3.8, 4) is 0 Å². The van der Waals surface area contributed by atoms with E-state index in [0.29, 0.717) is 47.6 Å². The first-order valence-electron chi connectivity index (χ1n) is 11.5. The molecule has 0 spiro atoms. The van der Waals surface area contributed by atoms with Gasteiger partial charge in [0.15, 0.2) is 11.6 Å². The summed E-state index contributed by atoms with van der Waals surface area (Å²) in [4.78, 5) is 34.3. The number of carbonyl (C=O) groups excluding carboxylic acids is 2. The third kappa shape index (κ3) is 4.46. The first-order valence-corrected chi connectivity index (χ1v) is 12.3. The van der Waals surface area contributed by atoms with Gasteiger partial charge in [-0.05, 0) is 55.8 Å². The van der Waals surface area contributed by atoms with Crippen molar-refractivity contribution in [2.45, 2.75) is 19.9 Å². The molecule has 2 aromatic carbocycles. The number of rotatable bonds is 4. The standard InChI is InChI=1S/C26H25Cl2N5O2/c1-16-24(25(33-23(30-16)9-10-29-33)19-5-8-21(27)22(28)15-19)26(35)32-13-11-31(12-14-32)20-6-3-18(4-7-20)17(2)34/h3-10,15,24-25H,11-14H2,1-2H3. The third-order valence-electron chi connectivity index (χ3n) is 6.75. The Morgan fingerprint density at radius 2 is 1.66 bits per heavy atom. The number of nitrogens with zero attached hydrogens (tertiary/aromatic N) is 5. The zero-order valence-corrected chi connectivity index (χ0v) is 21.0. The minimum Gasteiger partial charge on any atom is -0.368 e. The molecule has 3 aromatic rings. The zero-order chi connectivity index (χ0) is 24.7. The van der Waals surface area contributed by atoms with Gasteiger partial charge in [0.1, 0.15) is 5.92 Å². The molecule has 2 aliphatic rings. The van der Waals surface area contributed by atoms with Crippen LogP contribution in [0, 0.1) is 5.92 Å². The molecule has 1 saturated heterocycles. The molecule has 1 fully saturated rings. The smallest absolute Gasteiger partial charge is 0.234 e. The summed E-state index contributed by atoms with van der Waals surface area (Å²) >= 11 is 12.5. The number of amides is 1. The normalized spacial score (nSPS) is 19.8. The minimum absolute atomic E-state index is 0.0232. The summed E-state index contributed by atoms with van der Waals surface area (Å²) in [5.41, 5.74) is 3.36. The van der Waals surface area contributed by atoms with Gasteiger partial charge in [0.25, 0.3) is 0 Å². The largest absolute Gasteiger partial charge is 0.368 e. The van der Waals surface area contributed by atoms with Gasteiger partial charge in [-0.25, -0.2) is 9.67 Å². The van der Waals surface area contributed by atoms with Crippen LogP contribution >= 0.6 is 23.2 Å². The van der Waals surface area contributed by atoms with Gasteiger partial charge in [0.05, 0.1) is 22.3 Å². The Kier molecular flexibility index (Phi) is 6.38. The van der Waals surface area contributed by atoms with Crippen molar-refractivity contribution in [1.29, 1.82) is 0 Å². The molecular formula is C26H25Cl2N5O2. The predicted octanol–water partition coefficient (Wildman–Crippen LogP) is 5.05. The monoisotopic (exact) mass is 509 g/mol. The molecule has 9 heteroatoms. The Morgan fingerprint density at radius 1 is 0.943 bits per heavy atom. The fourth-order valence-corrected chi connectivity index (χ4v) is 5.17. The first kappa shape index (κ1) is 23.6. The number of Topliss-reactive ketones (excluding diaryl/α,β-unsaturated/α-hetero) is 1. The minimum atomic E-state index is -0.499. The van der Waals surface area contributed by atoms with E-state index < -0.39 is 5.92 Å². The number of carbonyl (C=O) groups is 2. The van der Waals surface area contributed by atoms with E-state index in [0.717, 1.165) is 17.0 Å². The van der Waals surface area contributed by atoms with Gasteiger partial charge in [-0.3, -0.25) is 9.59 Å². The Labute approximate surface area is 214 Å². The fraction of sp³-hybridized carbons (Fsp3) is 0.308. The highest BCUT2D eigenvalue weighted by Gasteiger charge is 2.41.